The van der Waals surface area contributed by atoms with E-state index in [1.54, 1.807) is 0 Å². The number of benzene rings is 1. The smallest absolute Gasteiger partial charge is 0.272 e. The van der Waals surface area contributed by atoms with Crippen LogP contribution in [-0.4, -0.2) is 46.7 Å². The molecule has 1 amide bonds. The molecule has 2 aliphatic rings. The third kappa shape index (κ3) is 2.02. The standard InChI is InChI=1S/C18H24N4O/c1-3-12-8-9-18(12)13(11-22(18)2)10-19-17(23)16-14-6-4-5-7-15(14)20-21-16/h4-7,12-13H,3,8-11H2,1-2H3,(H,19,23)(H,20,21). The van der Waals surface area contributed by atoms with E-state index in [1.807, 2.05) is 24.3 Å². The van der Waals surface area contributed by atoms with Gasteiger partial charge < -0.3 is 5.32 Å². The predicted octanol–water partition coefficient (Wildman–Crippen LogP) is 2.41. The van der Waals surface area contributed by atoms with Crippen LogP contribution in [0.3, 0.4) is 0 Å². The Balaban J connectivity index is 1.44. The van der Waals surface area contributed by atoms with Crippen molar-refractivity contribution in [2.75, 3.05) is 20.1 Å². The van der Waals surface area contributed by atoms with Crippen molar-refractivity contribution in [3.05, 3.63) is 30.0 Å². The highest BCUT2D eigenvalue weighted by molar-refractivity contribution is 6.04. The Hall–Kier alpha value is -1.88. The number of aromatic amines is 1. The summed E-state index contributed by atoms with van der Waals surface area (Å²) in [6.07, 6.45) is 3.84. The van der Waals surface area contributed by atoms with Crippen LogP contribution in [0.25, 0.3) is 10.9 Å². The maximum atomic E-state index is 12.5. The molecule has 122 valence electrons. The molecule has 1 aromatic carbocycles. The second kappa shape index (κ2) is 5.34. The Morgan fingerprint density at radius 3 is 2.96 bits per heavy atom. The summed E-state index contributed by atoms with van der Waals surface area (Å²) in [4.78, 5) is 15.0. The van der Waals surface area contributed by atoms with Crippen LogP contribution in [0.4, 0.5) is 0 Å². The number of amides is 1. The third-order valence-corrected chi connectivity index (χ3v) is 6.20. The van der Waals surface area contributed by atoms with E-state index in [9.17, 15) is 4.79 Å². The lowest BCUT2D eigenvalue weighted by Crippen LogP contribution is -2.75. The number of H-pyrrole nitrogens is 1. The highest BCUT2D eigenvalue weighted by Crippen LogP contribution is 2.55. The number of carbonyl (C=O) groups is 1. The first kappa shape index (κ1) is 14.7. The van der Waals surface area contributed by atoms with E-state index >= 15 is 0 Å². The fraction of sp³-hybridized carbons (Fsp3) is 0.556. The van der Waals surface area contributed by atoms with Crippen LogP contribution in [0, 0.1) is 11.8 Å². The first-order valence-electron chi connectivity index (χ1n) is 8.59. The monoisotopic (exact) mass is 312 g/mol. The molecule has 2 aromatic rings. The van der Waals surface area contributed by atoms with Gasteiger partial charge in [0.05, 0.1) is 5.52 Å². The van der Waals surface area contributed by atoms with Crippen LogP contribution >= 0.6 is 0 Å². The summed E-state index contributed by atoms with van der Waals surface area (Å²) in [7, 11) is 2.22. The molecule has 0 radical (unpaired) electrons. The molecule has 3 atom stereocenters. The number of para-hydroxylation sites is 1. The molecule has 23 heavy (non-hydrogen) atoms. The van der Waals surface area contributed by atoms with E-state index in [4.69, 9.17) is 0 Å². The highest BCUT2D eigenvalue weighted by Gasteiger charge is 2.59. The average Bonchev–Trinajstić information content (AvgIpc) is 2.94. The number of fused-ring (bicyclic) bond motifs is 1. The number of rotatable bonds is 4. The largest absolute Gasteiger partial charge is 0.350 e. The van der Waals surface area contributed by atoms with Gasteiger partial charge in [-0.3, -0.25) is 14.8 Å². The fourth-order valence-corrected chi connectivity index (χ4v) is 4.78. The Labute approximate surface area is 136 Å². The first-order chi connectivity index (χ1) is 11.2. The molecule has 2 fully saturated rings. The summed E-state index contributed by atoms with van der Waals surface area (Å²) >= 11 is 0. The van der Waals surface area contributed by atoms with Gasteiger partial charge in [0, 0.05) is 29.9 Å². The van der Waals surface area contributed by atoms with Crippen LogP contribution in [0.5, 0.6) is 0 Å². The molecular weight excluding hydrogens is 288 g/mol. The quantitative estimate of drug-likeness (QED) is 0.911. The van der Waals surface area contributed by atoms with Gasteiger partial charge in [0.2, 0.25) is 0 Å². The normalized spacial score (nSPS) is 30.2. The van der Waals surface area contributed by atoms with Crippen LogP contribution in [0.1, 0.15) is 36.7 Å². The summed E-state index contributed by atoms with van der Waals surface area (Å²) in [6, 6.07) is 7.75. The number of hydrogen-bond donors (Lipinski definition) is 2. The summed E-state index contributed by atoms with van der Waals surface area (Å²) in [5.41, 5.74) is 1.75. The Morgan fingerprint density at radius 2 is 2.26 bits per heavy atom. The molecule has 1 spiro atoms. The molecule has 3 unspecified atom stereocenters. The zero-order valence-corrected chi connectivity index (χ0v) is 13.8. The van der Waals surface area contributed by atoms with Gasteiger partial charge in [0.1, 0.15) is 0 Å². The summed E-state index contributed by atoms with van der Waals surface area (Å²) in [5.74, 6) is 1.29. The van der Waals surface area contributed by atoms with Gasteiger partial charge in [-0.15, -0.1) is 0 Å². The second-order valence-corrected chi connectivity index (χ2v) is 7.04. The second-order valence-electron chi connectivity index (χ2n) is 7.04. The minimum absolute atomic E-state index is 0.0699. The molecule has 0 bridgehead atoms. The Bertz CT molecular complexity index is 737. The van der Waals surface area contributed by atoms with Crippen molar-refractivity contribution in [2.24, 2.45) is 11.8 Å². The number of likely N-dealkylation sites (tertiary alicyclic amines) is 1. The molecular formula is C18H24N4O. The summed E-state index contributed by atoms with van der Waals surface area (Å²) in [6.45, 7) is 4.11. The number of aromatic nitrogens is 2. The summed E-state index contributed by atoms with van der Waals surface area (Å²) in [5, 5.41) is 11.1. The van der Waals surface area contributed by atoms with Gasteiger partial charge in [-0.25, -0.2) is 0 Å². The third-order valence-electron chi connectivity index (χ3n) is 6.20. The molecule has 1 saturated heterocycles. The van der Waals surface area contributed by atoms with Crippen LogP contribution in [0.15, 0.2) is 24.3 Å². The minimum Gasteiger partial charge on any atom is -0.350 e. The van der Waals surface area contributed by atoms with E-state index in [2.05, 4.69) is 34.4 Å². The molecule has 5 nitrogen and oxygen atoms in total. The fourth-order valence-electron chi connectivity index (χ4n) is 4.78. The van der Waals surface area contributed by atoms with Crippen molar-refractivity contribution in [1.29, 1.82) is 0 Å². The molecule has 4 rings (SSSR count). The van der Waals surface area contributed by atoms with Crippen LogP contribution in [0.2, 0.25) is 0 Å². The van der Waals surface area contributed by atoms with Gasteiger partial charge in [-0.2, -0.15) is 5.10 Å². The van der Waals surface area contributed by atoms with E-state index in [0.717, 1.165) is 29.9 Å². The van der Waals surface area contributed by atoms with Crippen molar-refractivity contribution in [1.82, 2.24) is 20.4 Å². The van der Waals surface area contributed by atoms with E-state index < -0.39 is 0 Å². The van der Waals surface area contributed by atoms with Gasteiger partial charge in [-0.05, 0) is 31.9 Å². The number of carbonyl (C=O) groups excluding carboxylic acids is 1. The van der Waals surface area contributed by atoms with Crippen molar-refractivity contribution in [3.8, 4) is 0 Å². The minimum atomic E-state index is -0.0699. The topological polar surface area (TPSA) is 61.0 Å². The van der Waals surface area contributed by atoms with Crippen molar-refractivity contribution in [3.63, 3.8) is 0 Å². The number of nitrogens with one attached hydrogen (secondary N) is 2. The van der Waals surface area contributed by atoms with Crippen LogP contribution < -0.4 is 5.32 Å². The molecule has 1 saturated carbocycles. The lowest BCUT2D eigenvalue weighted by molar-refractivity contribution is -0.160. The molecule has 1 aromatic heterocycles. The van der Waals surface area contributed by atoms with Crippen LogP contribution in [-0.2, 0) is 0 Å². The van der Waals surface area contributed by atoms with E-state index in [1.165, 1.54) is 19.3 Å². The maximum Gasteiger partial charge on any atom is 0.272 e. The van der Waals surface area contributed by atoms with Gasteiger partial charge in [0.25, 0.3) is 5.91 Å². The maximum absolute atomic E-state index is 12.5. The van der Waals surface area contributed by atoms with Crippen molar-refractivity contribution >= 4 is 16.8 Å². The average molecular weight is 312 g/mol. The first-order valence-corrected chi connectivity index (χ1v) is 8.59. The lowest BCUT2D eigenvalue weighted by Gasteiger charge is -2.67. The Kier molecular flexibility index (Phi) is 3.41. The van der Waals surface area contributed by atoms with Crippen molar-refractivity contribution < 1.29 is 4.79 Å². The van der Waals surface area contributed by atoms with Gasteiger partial charge in [-0.1, -0.05) is 31.5 Å². The molecule has 2 N–H and O–H groups in total. The molecule has 2 heterocycles. The zero-order chi connectivity index (χ0) is 16.0. The van der Waals surface area contributed by atoms with E-state index in [0.29, 0.717) is 17.2 Å². The highest BCUT2D eigenvalue weighted by atomic mass is 16.1. The molecule has 5 heteroatoms. The Morgan fingerprint density at radius 1 is 1.43 bits per heavy atom. The zero-order valence-electron chi connectivity index (χ0n) is 13.8. The SMILES string of the molecule is CCC1CCC12C(CNC(=O)c1n[nH]c3ccccc13)CN2C. The molecule has 1 aliphatic carbocycles. The van der Waals surface area contributed by atoms with Gasteiger partial charge >= 0.3 is 0 Å². The predicted molar refractivity (Wildman–Crippen MR) is 90.3 cm³/mol. The lowest BCUT2D eigenvalue weighted by atomic mass is 9.53. The number of nitrogens with zero attached hydrogens (tertiary/aromatic N) is 2. The van der Waals surface area contributed by atoms with Crippen molar-refractivity contribution in [2.45, 2.75) is 31.7 Å². The van der Waals surface area contributed by atoms with Gasteiger partial charge in [0.15, 0.2) is 5.69 Å². The number of hydrogen-bond acceptors (Lipinski definition) is 3. The molecule has 1 aliphatic heterocycles. The van der Waals surface area contributed by atoms with E-state index in [-0.39, 0.29) is 5.91 Å². The summed E-state index contributed by atoms with van der Waals surface area (Å²) < 4.78 is 0.